The maximum atomic E-state index is 11.2. The standard InChI is InChI=1S/C13H16INO2/c1-4-10-7-5-6-8-11(10)12(14)9(2)17-13(16)15-3/h4-9,12H,1H2,2-3H3,(H,15,16)/t9-,12+/m1/s1. The number of benzene rings is 1. The van der Waals surface area contributed by atoms with E-state index in [4.69, 9.17) is 4.74 Å². The molecule has 0 saturated carbocycles. The molecule has 0 unspecified atom stereocenters. The highest BCUT2D eigenvalue weighted by Gasteiger charge is 2.21. The Morgan fingerprint density at radius 3 is 2.76 bits per heavy atom. The summed E-state index contributed by atoms with van der Waals surface area (Å²) in [7, 11) is 1.55. The first-order valence-electron chi connectivity index (χ1n) is 5.34. The van der Waals surface area contributed by atoms with Crippen LogP contribution in [0.15, 0.2) is 30.8 Å². The van der Waals surface area contributed by atoms with Gasteiger partial charge in [-0.15, -0.1) is 0 Å². The number of alkyl halides is 1. The summed E-state index contributed by atoms with van der Waals surface area (Å²) in [5.74, 6) is 0. The van der Waals surface area contributed by atoms with Gasteiger partial charge in [-0.3, -0.25) is 0 Å². The van der Waals surface area contributed by atoms with Crippen LogP contribution in [0.2, 0.25) is 0 Å². The second-order valence-electron chi connectivity index (χ2n) is 3.60. The Hall–Kier alpha value is -1.04. The van der Waals surface area contributed by atoms with Gasteiger partial charge in [-0.25, -0.2) is 4.79 Å². The van der Waals surface area contributed by atoms with Gasteiger partial charge in [-0.1, -0.05) is 59.5 Å². The fraction of sp³-hybridized carbons (Fsp3) is 0.308. The summed E-state index contributed by atoms with van der Waals surface area (Å²) in [4.78, 5) is 11.2. The number of carbonyl (C=O) groups excluding carboxylic acids is 1. The molecule has 0 fully saturated rings. The zero-order valence-corrected chi connectivity index (χ0v) is 12.1. The zero-order chi connectivity index (χ0) is 12.8. The quantitative estimate of drug-likeness (QED) is 0.670. The molecule has 0 radical (unpaired) electrons. The summed E-state index contributed by atoms with van der Waals surface area (Å²) in [6.45, 7) is 5.67. The molecule has 0 saturated heterocycles. The Morgan fingerprint density at radius 2 is 2.18 bits per heavy atom. The molecule has 0 aliphatic rings. The lowest BCUT2D eigenvalue weighted by atomic mass is 10.0. The van der Waals surface area contributed by atoms with Gasteiger partial charge < -0.3 is 10.1 Å². The molecule has 0 bridgehead atoms. The molecule has 4 heteroatoms. The first-order chi connectivity index (χ1) is 8.10. The highest BCUT2D eigenvalue weighted by Crippen LogP contribution is 2.31. The van der Waals surface area contributed by atoms with Crippen LogP contribution in [0, 0.1) is 0 Å². The lowest BCUT2D eigenvalue weighted by Gasteiger charge is -2.20. The molecule has 2 atom stereocenters. The van der Waals surface area contributed by atoms with Crippen molar-refractivity contribution >= 4 is 34.8 Å². The lowest BCUT2D eigenvalue weighted by Crippen LogP contribution is -2.26. The molecule has 0 aliphatic carbocycles. The van der Waals surface area contributed by atoms with Gasteiger partial charge in [0.25, 0.3) is 0 Å². The fourth-order valence-corrected chi connectivity index (χ4v) is 2.20. The van der Waals surface area contributed by atoms with E-state index in [1.165, 1.54) is 0 Å². The zero-order valence-electron chi connectivity index (χ0n) is 9.94. The van der Waals surface area contributed by atoms with E-state index in [-0.39, 0.29) is 10.0 Å². The summed E-state index contributed by atoms with van der Waals surface area (Å²) < 4.78 is 5.32. The van der Waals surface area contributed by atoms with Crippen molar-refractivity contribution in [3.63, 3.8) is 0 Å². The van der Waals surface area contributed by atoms with Crippen molar-refractivity contribution in [3.05, 3.63) is 42.0 Å². The topological polar surface area (TPSA) is 38.3 Å². The summed E-state index contributed by atoms with van der Waals surface area (Å²) in [6.07, 6.45) is 1.21. The molecule has 1 aromatic carbocycles. The number of nitrogens with one attached hydrogen (secondary N) is 1. The molecular weight excluding hydrogens is 329 g/mol. The minimum absolute atomic E-state index is 0.0964. The van der Waals surface area contributed by atoms with Gasteiger partial charge in [-0.05, 0) is 18.1 Å². The van der Waals surface area contributed by atoms with Crippen LogP contribution in [0.4, 0.5) is 4.79 Å². The van der Waals surface area contributed by atoms with Crippen molar-refractivity contribution in [2.75, 3.05) is 7.05 Å². The highest BCUT2D eigenvalue weighted by atomic mass is 127. The molecule has 3 nitrogen and oxygen atoms in total. The van der Waals surface area contributed by atoms with Gasteiger partial charge in [0.15, 0.2) is 0 Å². The molecule has 0 aliphatic heterocycles. The van der Waals surface area contributed by atoms with E-state index in [0.29, 0.717) is 0 Å². The Balaban J connectivity index is 2.84. The molecule has 92 valence electrons. The Labute approximate surface area is 115 Å². The monoisotopic (exact) mass is 345 g/mol. The van der Waals surface area contributed by atoms with E-state index in [0.717, 1.165) is 11.1 Å². The predicted octanol–water partition coefficient (Wildman–Crippen LogP) is 3.55. The van der Waals surface area contributed by atoms with Gasteiger partial charge in [0, 0.05) is 7.05 Å². The van der Waals surface area contributed by atoms with E-state index in [2.05, 4.69) is 34.5 Å². The Bertz CT molecular complexity index is 406. The highest BCUT2D eigenvalue weighted by molar-refractivity contribution is 14.1. The average Bonchev–Trinajstić information content (AvgIpc) is 2.37. The van der Waals surface area contributed by atoms with Crippen LogP contribution in [0.1, 0.15) is 22.0 Å². The predicted molar refractivity (Wildman–Crippen MR) is 78.3 cm³/mol. The van der Waals surface area contributed by atoms with Gasteiger partial charge in [-0.2, -0.15) is 0 Å². The molecule has 0 aromatic heterocycles. The maximum absolute atomic E-state index is 11.2. The lowest BCUT2D eigenvalue weighted by molar-refractivity contribution is 0.109. The molecule has 17 heavy (non-hydrogen) atoms. The molecule has 1 aromatic rings. The van der Waals surface area contributed by atoms with Crippen LogP contribution in [0.5, 0.6) is 0 Å². The molecular formula is C13H16INO2. The van der Waals surface area contributed by atoms with Gasteiger partial charge in [0.1, 0.15) is 6.10 Å². The van der Waals surface area contributed by atoms with Crippen molar-refractivity contribution in [1.29, 1.82) is 0 Å². The first-order valence-corrected chi connectivity index (χ1v) is 6.58. The summed E-state index contributed by atoms with van der Waals surface area (Å²) in [6, 6.07) is 7.97. The number of hydrogen-bond acceptors (Lipinski definition) is 2. The number of carbonyl (C=O) groups is 1. The normalized spacial score (nSPS) is 13.6. The van der Waals surface area contributed by atoms with E-state index in [9.17, 15) is 4.79 Å². The van der Waals surface area contributed by atoms with Crippen molar-refractivity contribution in [1.82, 2.24) is 5.32 Å². The van der Waals surface area contributed by atoms with E-state index in [1.807, 2.05) is 37.3 Å². The minimum atomic E-state index is -0.407. The number of alkyl carbamates (subject to hydrolysis) is 1. The van der Waals surface area contributed by atoms with Crippen molar-refractivity contribution < 1.29 is 9.53 Å². The summed E-state index contributed by atoms with van der Waals surface area (Å²) in [5, 5.41) is 2.45. The Kier molecular flexibility index (Phi) is 5.47. The third-order valence-electron chi connectivity index (χ3n) is 2.42. The second-order valence-corrected chi connectivity index (χ2v) is 4.94. The van der Waals surface area contributed by atoms with Crippen molar-refractivity contribution in [3.8, 4) is 0 Å². The van der Waals surface area contributed by atoms with Crippen LogP contribution in [0.25, 0.3) is 6.08 Å². The molecule has 1 N–H and O–H groups in total. The number of ether oxygens (including phenoxy) is 1. The van der Waals surface area contributed by atoms with Gasteiger partial charge >= 0.3 is 6.09 Å². The smallest absolute Gasteiger partial charge is 0.407 e. The first kappa shape index (κ1) is 14.0. The summed E-state index contributed by atoms with van der Waals surface area (Å²) >= 11 is 2.28. The SMILES string of the molecule is C=Cc1ccccc1[C@@H](I)[C@@H](C)OC(=O)NC. The largest absolute Gasteiger partial charge is 0.445 e. The van der Waals surface area contributed by atoms with E-state index in [1.54, 1.807) is 7.05 Å². The Morgan fingerprint density at radius 1 is 1.53 bits per heavy atom. The molecule has 1 amide bonds. The van der Waals surface area contributed by atoms with Crippen LogP contribution in [-0.4, -0.2) is 19.2 Å². The third kappa shape index (κ3) is 3.73. The van der Waals surface area contributed by atoms with Crippen LogP contribution < -0.4 is 5.32 Å². The number of rotatable bonds is 4. The van der Waals surface area contributed by atoms with Gasteiger partial charge in [0.2, 0.25) is 0 Å². The average molecular weight is 345 g/mol. The van der Waals surface area contributed by atoms with Gasteiger partial charge in [0.05, 0.1) is 3.92 Å². The number of halogens is 1. The molecule has 1 rings (SSSR count). The minimum Gasteiger partial charge on any atom is -0.445 e. The molecule has 0 spiro atoms. The number of hydrogen-bond donors (Lipinski definition) is 1. The van der Waals surface area contributed by atoms with Crippen molar-refractivity contribution in [2.24, 2.45) is 0 Å². The van der Waals surface area contributed by atoms with Crippen LogP contribution in [-0.2, 0) is 4.74 Å². The fourth-order valence-electron chi connectivity index (χ4n) is 1.49. The summed E-state index contributed by atoms with van der Waals surface area (Å²) in [5.41, 5.74) is 2.19. The maximum Gasteiger partial charge on any atom is 0.407 e. The van der Waals surface area contributed by atoms with Crippen molar-refractivity contribution in [2.45, 2.75) is 17.0 Å². The van der Waals surface area contributed by atoms with Crippen LogP contribution >= 0.6 is 22.6 Å². The molecule has 0 heterocycles. The van der Waals surface area contributed by atoms with E-state index < -0.39 is 6.09 Å². The number of amides is 1. The second kappa shape index (κ2) is 6.64. The van der Waals surface area contributed by atoms with E-state index >= 15 is 0 Å². The van der Waals surface area contributed by atoms with Crippen LogP contribution in [0.3, 0.4) is 0 Å². The third-order valence-corrected chi connectivity index (χ3v) is 4.11.